The van der Waals surface area contributed by atoms with Crippen LogP contribution in [0, 0.1) is 23.2 Å². The number of nitrogens with zero attached hydrogens (tertiary/aromatic N) is 1. The third-order valence-corrected chi connectivity index (χ3v) is 4.48. The Labute approximate surface area is 85.7 Å². The number of hydrogen-bond donors (Lipinski definition) is 1. The molecule has 0 aromatic carbocycles. The number of hydrogen-bond acceptors (Lipinski definition) is 2. The molecule has 0 aromatic rings. The third-order valence-electron chi connectivity index (χ3n) is 4.48. The molecular weight excluding hydrogens is 172 g/mol. The van der Waals surface area contributed by atoms with Crippen molar-refractivity contribution in [3.63, 3.8) is 0 Å². The summed E-state index contributed by atoms with van der Waals surface area (Å²) in [5, 5.41) is 13.0. The summed E-state index contributed by atoms with van der Waals surface area (Å²) in [5.74, 6) is 1.59. The second-order valence-electron chi connectivity index (χ2n) is 5.35. The molecule has 2 nitrogen and oxygen atoms in total. The van der Waals surface area contributed by atoms with Gasteiger partial charge in [0.05, 0.1) is 6.07 Å². The average molecular weight is 190 g/mol. The van der Waals surface area contributed by atoms with Crippen LogP contribution in [0.5, 0.6) is 0 Å². The summed E-state index contributed by atoms with van der Waals surface area (Å²) in [7, 11) is 0. The van der Waals surface area contributed by atoms with E-state index >= 15 is 0 Å². The van der Waals surface area contributed by atoms with E-state index in [0.29, 0.717) is 12.0 Å². The van der Waals surface area contributed by atoms with Crippen molar-refractivity contribution >= 4 is 0 Å². The van der Waals surface area contributed by atoms with E-state index in [1.165, 1.54) is 38.5 Å². The monoisotopic (exact) mass is 190 g/mol. The Balaban J connectivity index is 1.71. The fourth-order valence-corrected chi connectivity index (χ4v) is 3.55. The Morgan fingerprint density at radius 2 is 2.00 bits per heavy atom. The molecule has 14 heavy (non-hydrogen) atoms. The minimum absolute atomic E-state index is 0.111. The molecule has 3 saturated carbocycles. The summed E-state index contributed by atoms with van der Waals surface area (Å²) in [5.41, 5.74) is -0.111. The first-order chi connectivity index (χ1) is 6.84. The van der Waals surface area contributed by atoms with Gasteiger partial charge in [-0.15, -0.1) is 0 Å². The highest BCUT2D eigenvalue weighted by Crippen LogP contribution is 2.57. The predicted molar refractivity (Wildman–Crippen MR) is 54.6 cm³/mol. The molecule has 1 N–H and O–H groups in total. The normalized spacial score (nSPS) is 46.2. The van der Waals surface area contributed by atoms with Crippen molar-refractivity contribution in [2.45, 2.75) is 56.5 Å². The Kier molecular flexibility index (Phi) is 1.85. The van der Waals surface area contributed by atoms with Gasteiger partial charge in [0.1, 0.15) is 5.54 Å². The van der Waals surface area contributed by atoms with Crippen LogP contribution in [0.25, 0.3) is 0 Å². The number of rotatable bonds is 2. The fourth-order valence-electron chi connectivity index (χ4n) is 3.55. The van der Waals surface area contributed by atoms with Gasteiger partial charge in [0.2, 0.25) is 0 Å². The molecule has 0 spiro atoms. The maximum atomic E-state index is 9.36. The number of nitrogens with one attached hydrogen (secondary N) is 1. The van der Waals surface area contributed by atoms with E-state index in [1.54, 1.807) is 0 Å². The minimum Gasteiger partial charge on any atom is -0.296 e. The molecule has 3 unspecified atom stereocenters. The van der Waals surface area contributed by atoms with Crippen molar-refractivity contribution in [3.8, 4) is 6.07 Å². The average Bonchev–Trinajstić information content (AvgIpc) is 2.69. The Hall–Kier alpha value is -0.550. The summed E-state index contributed by atoms with van der Waals surface area (Å²) >= 11 is 0. The highest BCUT2D eigenvalue weighted by Gasteiger charge is 2.58. The molecule has 3 rings (SSSR count). The second kappa shape index (κ2) is 2.97. The van der Waals surface area contributed by atoms with Crippen LogP contribution in [-0.4, -0.2) is 11.6 Å². The smallest absolute Gasteiger partial charge is 0.110 e. The molecular formula is C12H18N2. The quantitative estimate of drug-likeness (QED) is 0.724. The first-order valence-electron chi connectivity index (χ1n) is 6.03. The fraction of sp³-hybridized carbons (Fsp3) is 0.917. The molecule has 0 heterocycles. The molecule has 3 aliphatic rings. The molecule has 0 aliphatic heterocycles. The van der Waals surface area contributed by atoms with Gasteiger partial charge in [-0.3, -0.25) is 5.32 Å². The summed E-state index contributed by atoms with van der Waals surface area (Å²) in [6, 6.07) is 3.23. The summed E-state index contributed by atoms with van der Waals surface area (Å²) in [4.78, 5) is 0. The van der Waals surface area contributed by atoms with Gasteiger partial charge in [0.15, 0.2) is 0 Å². The Morgan fingerprint density at radius 1 is 1.21 bits per heavy atom. The van der Waals surface area contributed by atoms with Crippen molar-refractivity contribution in [1.29, 1.82) is 5.26 Å². The molecule has 0 aromatic heterocycles. The molecule has 3 fully saturated rings. The highest BCUT2D eigenvalue weighted by molar-refractivity contribution is 5.23. The minimum atomic E-state index is -0.111. The SMILES string of the molecule is N#CC1(NC2CCCC2)CCC2CC21. The van der Waals surface area contributed by atoms with Crippen molar-refractivity contribution in [3.05, 3.63) is 0 Å². The zero-order chi connectivity index (χ0) is 9.60. The lowest BCUT2D eigenvalue weighted by Crippen LogP contribution is -2.49. The van der Waals surface area contributed by atoms with Crippen molar-refractivity contribution < 1.29 is 0 Å². The standard InChI is InChI=1S/C12H18N2/c13-8-12(6-5-9-7-11(9)12)14-10-3-1-2-4-10/h9-11,14H,1-7H2. The topological polar surface area (TPSA) is 35.8 Å². The van der Waals surface area contributed by atoms with Crippen LogP contribution in [0.15, 0.2) is 0 Å². The zero-order valence-electron chi connectivity index (χ0n) is 8.63. The van der Waals surface area contributed by atoms with E-state index in [4.69, 9.17) is 0 Å². The van der Waals surface area contributed by atoms with Gasteiger partial charge >= 0.3 is 0 Å². The molecule has 76 valence electrons. The van der Waals surface area contributed by atoms with Crippen molar-refractivity contribution in [1.82, 2.24) is 5.32 Å². The lowest BCUT2D eigenvalue weighted by atomic mass is 9.93. The Bertz CT molecular complexity index is 275. The molecule has 0 radical (unpaired) electrons. The van der Waals surface area contributed by atoms with Crippen LogP contribution in [0.1, 0.15) is 44.9 Å². The van der Waals surface area contributed by atoms with E-state index in [2.05, 4.69) is 11.4 Å². The molecule has 3 atom stereocenters. The molecule has 2 heteroatoms. The van der Waals surface area contributed by atoms with Gasteiger partial charge in [-0.1, -0.05) is 12.8 Å². The number of fused-ring (bicyclic) bond motifs is 1. The highest BCUT2D eigenvalue weighted by atomic mass is 15.0. The first kappa shape index (κ1) is 8.73. The van der Waals surface area contributed by atoms with Gasteiger partial charge in [0.25, 0.3) is 0 Å². The predicted octanol–water partition coefficient (Wildman–Crippen LogP) is 2.21. The maximum absolute atomic E-state index is 9.36. The van der Waals surface area contributed by atoms with Gasteiger partial charge in [0, 0.05) is 6.04 Å². The lowest BCUT2D eigenvalue weighted by molar-refractivity contribution is 0.327. The van der Waals surface area contributed by atoms with E-state index < -0.39 is 0 Å². The van der Waals surface area contributed by atoms with Crippen LogP contribution in [0.3, 0.4) is 0 Å². The van der Waals surface area contributed by atoms with Crippen LogP contribution in [0.4, 0.5) is 0 Å². The maximum Gasteiger partial charge on any atom is 0.110 e. The van der Waals surface area contributed by atoms with E-state index in [9.17, 15) is 5.26 Å². The zero-order valence-corrected chi connectivity index (χ0v) is 8.63. The summed E-state index contributed by atoms with van der Waals surface area (Å²) in [6.45, 7) is 0. The van der Waals surface area contributed by atoms with Crippen molar-refractivity contribution in [2.24, 2.45) is 11.8 Å². The molecule has 3 aliphatic carbocycles. The van der Waals surface area contributed by atoms with Crippen LogP contribution in [0.2, 0.25) is 0 Å². The van der Waals surface area contributed by atoms with Gasteiger partial charge in [-0.05, 0) is 43.9 Å². The number of nitriles is 1. The molecule has 0 saturated heterocycles. The van der Waals surface area contributed by atoms with Crippen LogP contribution >= 0.6 is 0 Å². The van der Waals surface area contributed by atoms with Crippen molar-refractivity contribution in [2.75, 3.05) is 0 Å². The van der Waals surface area contributed by atoms with Gasteiger partial charge in [-0.25, -0.2) is 0 Å². The van der Waals surface area contributed by atoms with Crippen LogP contribution < -0.4 is 5.32 Å². The first-order valence-corrected chi connectivity index (χ1v) is 6.03. The second-order valence-corrected chi connectivity index (χ2v) is 5.35. The molecule has 0 amide bonds. The Morgan fingerprint density at radius 3 is 2.50 bits per heavy atom. The summed E-state index contributed by atoms with van der Waals surface area (Å²) < 4.78 is 0. The van der Waals surface area contributed by atoms with Gasteiger partial charge < -0.3 is 0 Å². The van der Waals surface area contributed by atoms with E-state index in [-0.39, 0.29) is 5.54 Å². The largest absolute Gasteiger partial charge is 0.296 e. The third kappa shape index (κ3) is 1.19. The van der Waals surface area contributed by atoms with Gasteiger partial charge in [-0.2, -0.15) is 5.26 Å². The lowest BCUT2D eigenvalue weighted by Gasteiger charge is -2.28. The van der Waals surface area contributed by atoms with E-state index in [0.717, 1.165) is 12.3 Å². The molecule has 0 bridgehead atoms. The summed E-state index contributed by atoms with van der Waals surface area (Å²) in [6.07, 6.45) is 9.00. The van der Waals surface area contributed by atoms with E-state index in [1.807, 2.05) is 0 Å². The van der Waals surface area contributed by atoms with Crippen LogP contribution in [-0.2, 0) is 0 Å².